The van der Waals surface area contributed by atoms with Gasteiger partial charge in [-0.25, -0.2) is 8.42 Å². The van der Waals surface area contributed by atoms with Crippen molar-refractivity contribution in [2.45, 2.75) is 24.3 Å². The number of nitrogens with one attached hydrogen (secondary N) is 1. The smallest absolute Gasteiger partial charge is 0.243 e. The highest BCUT2D eigenvalue weighted by atomic mass is 32.2. The van der Waals surface area contributed by atoms with Crippen LogP contribution in [-0.2, 0) is 10.0 Å². The Kier molecular flexibility index (Phi) is 3.90. The molecule has 1 unspecified atom stereocenters. The van der Waals surface area contributed by atoms with E-state index in [4.69, 9.17) is 5.26 Å². The second-order valence-electron chi connectivity index (χ2n) is 4.76. The molecule has 102 valence electrons. The fourth-order valence-electron chi connectivity index (χ4n) is 2.31. The number of hydrogen-bond acceptors (Lipinski definition) is 4. The minimum Gasteiger partial charge on any atom is -0.315 e. The minimum atomic E-state index is -3.49. The second-order valence-corrected chi connectivity index (χ2v) is 6.73. The SMILES string of the molecule is Cc1cc(C#N)ccc1S(=O)(=O)N(C)C1CCNC1. The zero-order chi connectivity index (χ0) is 14.0. The van der Waals surface area contributed by atoms with Gasteiger partial charge < -0.3 is 5.32 Å². The molecule has 1 heterocycles. The van der Waals surface area contributed by atoms with E-state index in [0.717, 1.165) is 13.0 Å². The lowest BCUT2D eigenvalue weighted by Gasteiger charge is -2.24. The van der Waals surface area contributed by atoms with Gasteiger partial charge in [0.2, 0.25) is 10.0 Å². The van der Waals surface area contributed by atoms with Crippen molar-refractivity contribution < 1.29 is 8.42 Å². The Labute approximate surface area is 113 Å². The number of hydrogen-bond donors (Lipinski definition) is 1. The fourth-order valence-corrected chi connectivity index (χ4v) is 3.90. The lowest BCUT2D eigenvalue weighted by molar-refractivity contribution is 0.387. The quantitative estimate of drug-likeness (QED) is 0.890. The van der Waals surface area contributed by atoms with Crippen molar-refractivity contribution in [1.82, 2.24) is 9.62 Å². The molecule has 1 saturated heterocycles. The van der Waals surface area contributed by atoms with Crippen molar-refractivity contribution in [2.24, 2.45) is 0 Å². The normalized spacial score (nSPS) is 19.6. The Bertz CT molecular complexity index is 613. The molecular formula is C13H17N3O2S. The van der Waals surface area contributed by atoms with E-state index in [1.165, 1.54) is 10.4 Å². The van der Waals surface area contributed by atoms with Crippen LogP contribution in [0.5, 0.6) is 0 Å². The van der Waals surface area contributed by atoms with Crippen molar-refractivity contribution in [3.63, 3.8) is 0 Å². The summed E-state index contributed by atoms with van der Waals surface area (Å²) in [6.07, 6.45) is 0.824. The van der Waals surface area contributed by atoms with Crippen LogP contribution in [0.1, 0.15) is 17.5 Å². The topological polar surface area (TPSA) is 73.2 Å². The molecule has 5 nitrogen and oxygen atoms in total. The van der Waals surface area contributed by atoms with Crippen LogP contribution < -0.4 is 5.32 Å². The second kappa shape index (κ2) is 5.29. The van der Waals surface area contributed by atoms with Crippen LogP contribution in [0.25, 0.3) is 0 Å². The summed E-state index contributed by atoms with van der Waals surface area (Å²) in [4.78, 5) is 0.279. The van der Waals surface area contributed by atoms with Crippen LogP contribution in [0.3, 0.4) is 0 Å². The van der Waals surface area contributed by atoms with Gasteiger partial charge in [0.25, 0.3) is 0 Å². The Balaban J connectivity index is 2.36. The highest BCUT2D eigenvalue weighted by molar-refractivity contribution is 7.89. The van der Waals surface area contributed by atoms with Crippen LogP contribution in [0.4, 0.5) is 0 Å². The zero-order valence-corrected chi connectivity index (χ0v) is 11.9. The molecule has 0 saturated carbocycles. The van der Waals surface area contributed by atoms with Gasteiger partial charge in [0.1, 0.15) is 0 Å². The standard InChI is InChI=1S/C13H17N3O2S/c1-10-7-11(8-14)3-4-13(10)19(17,18)16(2)12-5-6-15-9-12/h3-4,7,12,15H,5-6,9H2,1-2H3. The lowest BCUT2D eigenvalue weighted by Crippen LogP contribution is -2.38. The van der Waals surface area contributed by atoms with Gasteiger partial charge in [0.05, 0.1) is 16.5 Å². The molecule has 6 heteroatoms. The van der Waals surface area contributed by atoms with Crippen LogP contribution >= 0.6 is 0 Å². The summed E-state index contributed by atoms with van der Waals surface area (Å²) < 4.78 is 26.5. The molecule has 1 aromatic carbocycles. The number of nitrogens with zero attached hydrogens (tertiary/aromatic N) is 2. The summed E-state index contributed by atoms with van der Waals surface area (Å²) >= 11 is 0. The number of sulfonamides is 1. The summed E-state index contributed by atoms with van der Waals surface area (Å²) in [5, 5.41) is 12.0. The molecule has 1 atom stereocenters. The molecule has 0 spiro atoms. The Hall–Kier alpha value is -1.42. The van der Waals surface area contributed by atoms with E-state index >= 15 is 0 Å². The molecule has 0 aliphatic carbocycles. The van der Waals surface area contributed by atoms with E-state index in [2.05, 4.69) is 5.32 Å². The van der Waals surface area contributed by atoms with Gasteiger partial charge in [-0.05, 0) is 43.7 Å². The molecule has 1 N–H and O–H groups in total. The molecule has 1 fully saturated rings. The van der Waals surface area contributed by atoms with Crippen LogP contribution in [-0.4, -0.2) is 38.9 Å². The monoisotopic (exact) mass is 279 g/mol. The van der Waals surface area contributed by atoms with Gasteiger partial charge in [-0.2, -0.15) is 9.57 Å². The Morgan fingerprint density at radius 2 is 2.21 bits per heavy atom. The summed E-state index contributed by atoms with van der Waals surface area (Å²) in [5.41, 5.74) is 1.08. The van der Waals surface area contributed by atoms with Gasteiger partial charge in [0, 0.05) is 19.6 Å². The fraction of sp³-hybridized carbons (Fsp3) is 0.462. The van der Waals surface area contributed by atoms with Gasteiger partial charge in [0.15, 0.2) is 0 Å². The first-order valence-electron chi connectivity index (χ1n) is 6.16. The van der Waals surface area contributed by atoms with E-state index in [9.17, 15) is 8.42 Å². The molecule has 0 radical (unpaired) electrons. The molecule has 2 rings (SSSR count). The van der Waals surface area contributed by atoms with Crippen molar-refractivity contribution in [2.75, 3.05) is 20.1 Å². The van der Waals surface area contributed by atoms with Crippen molar-refractivity contribution in [3.8, 4) is 6.07 Å². The van der Waals surface area contributed by atoms with Crippen LogP contribution in [0, 0.1) is 18.3 Å². The number of rotatable bonds is 3. The first kappa shape index (κ1) is 14.0. The van der Waals surface area contributed by atoms with Crippen LogP contribution in [0.2, 0.25) is 0 Å². The third kappa shape index (κ3) is 2.63. The molecule has 0 bridgehead atoms. The zero-order valence-electron chi connectivity index (χ0n) is 11.0. The maximum Gasteiger partial charge on any atom is 0.243 e. The number of likely N-dealkylation sites (N-methyl/N-ethyl adjacent to an activating group) is 1. The number of aryl methyl sites for hydroxylation is 1. The van der Waals surface area contributed by atoms with Gasteiger partial charge in [-0.15, -0.1) is 0 Å². The van der Waals surface area contributed by atoms with Crippen molar-refractivity contribution in [3.05, 3.63) is 29.3 Å². The molecule has 0 aromatic heterocycles. The third-order valence-corrected chi connectivity index (χ3v) is 5.58. The number of nitriles is 1. The summed E-state index contributed by atoms with van der Waals surface area (Å²) in [7, 11) is -1.88. The van der Waals surface area contributed by atoms with Gasteiger partial charge in [-0.1, -0.05) is 0 Å². The average Bonchev–Trinajstić information content (AvgIpc) is 2.90. The third-order valence-electron chi connectivity index (χ3n) is 3.51. The molecule has 1 aliphatic rings. The Morgan fingerprint density at radius 3 is 2.74 bits per heavy atom. The van der Waals surface area contributed by atoms with Gasteiger partial charge in [-0.3, -0.25) is 0 Å². The Morgan fingerprint density at radius 1 is 1.47 bits per heavy atom. The maximum atomic E-state index is 12.6. The molecule has 0 amide bonds. The van der Waals surface area contributed by atoms with Crippen molar-refractivity contribution >= 4 is 10.0 Å². The highest BCUT2D eigenvalue weighted by Gasteiger charge is 2.30. The van der Waals surface area contributed by atoms with Crippen LogP contribution in [0.15, 0.2) is 23.1 Å². The summed E-state index contributed by atoms with van der Waals surface area (Å²) in [6, 6.07) is 6.68. The van der Waals surface area contributed by atoms with E-state index in [0.29, 0.717) is 17.7 Å². The summed E-state index contributed by atoms with van der Waals surface area (Å²) in [5.74, 6) is 0. The average molecular weight is 279 g/mol. The molecule has 1 aromatic rings. The predicted octanol–water partition coefficient (Wildman–Crippen LogP) is 0.849. The van der Waals surface area contributed by atoms with E-state index in [1.54, 1.807) is 26.1 Å². The molecule has 19 heavy (non-hydrogen) atoms. The van der Waals surface area contributed by atoms with Gasteiger partial charge >= 0.3 is 0 Å². The van der Waals surface area contributed by atoms with Crippen molar-refractivity contribution in [1.29, 1.82) is 5.26 Å². The first-order chi connectivity index (χ1) is 8.96. The number of benzene rings is 1. The first-order valence-corrected chi connectivity index (χ1v) is 7.60. The summed E-state index contributed by atoms with van der Waals surface area (Å²) in [6.45, 7) is 3.25. The van der Waals surface area contributed by atoms with E-state index < -0.39 is 10.0 Å². The predicted molar refractivity (Wildman–Crippen MR) is 72.1 cm³/mol. The largest absolute Gasteiger partial charge is 0.315 e. The highest BCUT2D eigenvalue weighted by Crippen LogP contribution is 2.23. The lowest BCUT2D eigenvalue weighted by atomic mass is 10.2. The molecular weight excluding hydrogens is 262 g/mol. The van der Waals surface area contributed by atoms with E-state index in [1.807, 2.05) is 6.07 Å². The minimum absolute atomic E-state index is 0.0000401. The van der Waals surface area contributed by atoms with E-state index in [-0.39, 0.29) is 10.9 Å². The molecule has 1 aliphatic heterocycles. The maximum absolute atomic E-state index is 12.6.